The van der Waals surface area contributed by atoms with Crippen LogP contribution >= 0.6 is 0 Å². The van der Waals surface area contributed by atoms with Crippen LogP contribution in [0.5, 0.6) is 0 Å². The maximum absolute atomic E-state index is 11.1. The Balaban J connectivity index is 2.33. The first-order valence-corrected chi connectivity index (χ1v) is 4.27. The molecule has 0 aromatic carbocycles. The van der Waals surface area contributed by atoms with Crippen molar-refractivity contribution < 1.29 is 14.3 Å². The Bertz CT molecular complexity index is 361. The van der Waals surface area contributed by atoms with Gasteiger partial charge in [-0.1, -0.05) is 0 Å². The van der Waals surface area contributed by atoms with Gasteiger partial charge in [-0.05, 0) is 6.07 Å². The van der Waals surface area contributed by atoms with E-state index in [0.29, 0.717) is 5.82 Å². The quantitative estimate of drug-likeness (QED) is 0.608. The smallest absolute Gasteiger partial charge is 0.328 e. The molecule has 0 fully saturated rings. The first-order chi connectivity index (χ1) is 7.11. The number of amides is 1. The highest BCUT2D eigenvalue weighted by molar-refractivity contribution is 5.80. The number of aromatic nitrogens is 2. The number of hydrogen-bond acceptors (Lipinski definition) is 5. The zero-order valence-corrected chi connectivity index (χ0v) is 8.27. The van der Waals surface area contributed by atoms with Crippen molar-refractivity contribution in [1.82, 2.24) is 15.1 Å². The lowest BCUT2D eigenvalue weighted by molar-refractivity contribution is -0.149. The fourth-order valence-corrected chi connectivity index (χ4v) is 0.862. The molecular formula is C8H12N4O3. The number of hydrogen-bond donors (Lipinski definition) is 2. The van der Waals surface area contributed by atoms with Gasteiger partial charge in [0.1, 0.15) is 12.4 Å². The normalized spacial score (nSPS) is 9.67. The molecule has 0 atom stereocenters. The number of likely N-dealkylation sites (N-methyl/N-ethyl adjacent to an activating group) is 1. The fourth-order valence-electron chi connectivity index (χ4n) is 0.862. The minimum Gasteiger partial charge on any atom is -0.454 e. The SMILES string of the molecule is CNC(=O)COC(=O)Cn1ccc(N)n1. The highest BCUT2D eigenvalue weighted by atomic mass is 16.5. The van der Waals surface area contributed by atoms with E-state index >= 15 is 0 Å². The number of carbonyl (C=O) groups excluding carboxylic acids is 2. The Morgan fingerprint density at radius 3 is 2.93 bits per heavy atom. The van der Waals surface area contributed by atoms with Crippen LogP contribution in [0.4, 0.5) is 5.82 Å². The van der Waals surface area contributed by atoms with Gasteiger partial charge in [0.05, 0.1) is 0 Å². The molecule has 1 heterocycles. The standard InChI is InChI=1S/C8H12N4O3/c1-10-7(13)5-15-8(14)4-12-3-2-6(9)11-12/h2-3H,4-5H2,1H3,(H2,9,11)(H,10,13). The zero-order chi connectivity index (χ0) is 11.3. The van der Waals surface area contributed by atoms with Crippen LogP contribution in [0.15, 0.2) is 12.3 Å². The summed E-state index contributed by atoms with van der Waals surface area (Å²) in [5.74, 6) is -0.570. The second kappa shape index (κ2) is 4.99. The van der Waals surface area contributed by atoms with Crippen LogP contribution in [-0.4, -0.2) is 35.3 Å². The lowest BCUT2D eigenvalue weighted by Crippen LogP contribution is -2.26. The maximum atomic E-state index is 11.1. The van der Waals surface area contributed by atoms with Crippen LogP contribution in [0.1, 0.15) is 0 Å². The molecule has 0 saturated heterocycles. The summed E-state index contributed by atoms with van der Waals surface area (Å²) in [4.78, 5) is 21.9. The van der Waals surface area contributed by atoms with Gasteiger partial charge in [0.2, 0.25) is 0 Å². The molecule has 1 aromatic rings. The lowest BCUT2D eigenvalue weighted by Gasteiger charge is -2.03. The average Bonchev–Trinajstić information content (AvgIpc) is 2.60. The molecule has 0 saturated carbocycles. The molecule has 3 N–H and O–H groups in total. The molecule has 7 heteroatoms. The van der Waals surface area contributed by atoms with Crippen LogP contribution in [-0.2, 0) is 20.9 Å². The zero-order valence-electron chi connectivity index (χ0n) is 8.27. The predicted octanol–water partition coefficient (Wildman–Crippen LogP) is -1.25. The van der Waals surface area contributed by atoms with Gasteiger partial charge in [0.15, 0.2) is 6.61 Å². The summed E-state index contributed by atoms with van der Waals surface area (Å²) >= 11 is 0. The van der Waals surface area contributed by atoms with Gasteiger partial charge in [-0.2, -0.15) is 5.10 Å². The first-order valence-electron chi connectivity index (χ1n) is 4.27. The number of carbonyl (C=O) groups is 2. The van der Waals surface area contributed by atoms with Crippen molar-refractivity contribution in [3.05, 3.63) is 12.3 Å². The fraction of sp³-hybridized carbons (Fsp3) is 0.375. The molecule has 0 aliphatic rings. The molecule has 0 bridgehead atoms. The number of ether oxygens (including phenoxy) is 1. The van der Waals surface area contributed by atoms with Gasteiger partial charge in [-0.15, -0.1) is 0 Å². The topological polar surface area (TPSA) is 99.2 Å². The van der Waals surface area contributed by atoms with Gasteiger partial charge < -0.3 is 15.8 Å². The molecule has 15 heavy (non-hydrogen) atoms. The highest BCUT2D eigenvalue weighted by Gasteiger charge is 2.07. The van der Waals surface area contributed by atoms with E-state index in [1.165, 1.54) is 11.7 Å². The number of nitrogens with two attached hydrogens (primary N) is 1. The van der Waals surface area contributed by atoms with Gasteiger partial charge in [-0.3, -0.25) is 14.3 Å². The summed E-state index contributed by atoms with van der Waals surface area (Å²) < 4.78 is 5.99. The molecule has 1 amide bonds. The van der Waals surface area contributed by atoms with Crippen molar-refractivity contribution in [2.75, 3.05) is 19.4 Å². The minimum atomic E-state index is -0.540. The first kappa shape index (κ1) is 11.0. The van der Waals surface area contributed by atoms with Crippen LogP contribution in [0, 0.1) is 0 Å². The molecule has 82 valence electrons. The summed E-state index contributed by atoms with van der Waals surface area (Å²) in [6, 6.07) is 1.56. The largest absolute Gasteiger partial charge is 0.454 e. The van der Waals surface area contributed by atoms with Crippen molar-refractivity contribution in [1.29, 1.82) is 0 Å². The van der Waals surface area contributed by atoms with E-state index in [1.54, 1.807) is 12.3 Å². The summed E-state index contributed by atoms with van der Waals surface area (Å²) in [6.07, 6.45) is 1.55. The molecule has 1 rings (SSSR count). The van der Waals surface area contributed by atoms with E-state index in [-0.39, 0.29) is 19.1 Å². The van der Waals surface area contributed by atoms with E-state index in [4.69, 9.17) is 5.73 Å². The maximum Gasteiger partial charge on any atom is 0.328 e. The van der Waals surface area contributed by atoms with E-state index < -0.39 is 5.97 Å². The summed E-state index contributed by atoms with van der Waals surface area (Å²) in [5.41, 5.74) is 5.35. The number of anilines is 1. The van der Waals surface area contributed by atoms with Crippen LogP contribution in [0.25, 0.3) is 0 Å². The Labute approximate surface area is 86.2 Å². The molecule has 1 aromatic heterocycles. The monoisotopic (exact) mass is 212 g/mol. The number of nitrogens with zero attached hydrogens (tertiary/aromatic N) is 2. The predicted molar refractivity (Wildman–Crippen MR) is 51.7 cm³/mol. The van der Waals surface area contributed by atoms with E-state index in [1.807, 2.05) is 0 Å². The highest BCUT2D eigenvalue weighted by Crippen LogP contribution is 1.95. The van der Waals surface area contributed by atoms with Crippen molar-refractivity contribution in [2.24, 2.45) is 0 Å². The summed E-state index contributed by atoms with van der Waals surface area (Å²) in [6.45, 7) is -0.347. The number of esters is 1. The van der Waals surface area contributed by atoms with Crippen molar-refractivity contribution in [3.63, 3.8) is 0 Å². The second-order valence-corrected chi connectivity index (χ2v) is 2.77. The second-order valence-electron chi connectivity index (χ2n) is 2.77. The third-order valence-electron chi connectivity index (χ3n) is 1.60. The van der Waals surface area contributed by atoms with Crippen molar-refractivity contribution >= 4 is 17.7 Å². The Kier molecular flexibility index (Phi) is 3.67. The lowest BCUT2D eigenvalue weighted by atomic mass is 10.6. The molecule has 0 radical (unpaired) electrons. The average molecular weight is 212 g/mol. The van der Waals surface area contributed by atoms with E-state index in [2.05, 4.69) is 15.2 Å². The molecular weight excluding hydrogens is 200 g/mol. The number of nitrogens with one attached hydrogen (secondary N) is 1. The van der Waals surface area contributed by atoms with Gasteiger partial charge in [0, 0.05) is 13.2 Å². The van der Waals surface area contributed by atoms with Gasteiger partial charge >= 0.3 is 5.97 Å². The van der Waals surface area contributed by atoms with Gasteiger partial charge in [-0.25, -0.2) is 0 Å². The molecule has 0 aliphatic carbocycles. The van der Waals surface area contributed by atoms with Crippen molar-refractivity contribution in [3.8, 4) is 0 Å². The van der Waals surface area contributed by atoms with Crippen LogP contribution in [0.2, 0.25) is 0 Å². The Morgan fingerprint density at radius 1 is 1.67 bits per heavy atom. The van der Waals surface area contributed by atoms with Gasteiger partial charge in [0.25, 0.3) is 5.91 Å². The molecule has 0 aliphatic heterocycles. The molecule has 0 unspecified atom stereocenters. The molecule has 0 spiro atoms. The summed E-state index contributed by atoms with van der Waals surface area (Å²) in [7, 11) is 1.46. The van der Waals surface area contributed by atoms with E-state index in [9.17, 15) is 9.59 Å². The third kappa shape index (κ3) is 3.67. The Hall–Kier alpha value is -2.05. The van der Waals surface area contributed by atoms with Crippen molar-refractivity contribution in [2.45, 2.75) is 6.54 Å². The minimum absolute atomic E-state index is 0.0613. The molecule has 7 nitrogen and oxygen atoms in total. The number of nitrogen functional groups attached to an aromatic ring is 1. The summed E-state index contributed by atoms with van der Waals surface area (Å²) in [5, 5.41) is 6.12. The van der Waals surface area contributed by atoms with Crippen LogP contribution < -0.4 is 11.1 Å². The van der Waals surface area contributed by atoms with Crippen LogP contribution in [0.3, 0.4) is 0 Å². The Morgan fingerprint density at radius 2 is 2.40 bits per heavy atom. The van der Waals surface area contributed by atoms with E-state index in [0.717, 1.165) is 0 Å². The number of rotatable bonds is 4. The third-order valence-corrected chi connectivity index (χ3v) is 1.60.